The summed E-state index contributed by atoms with van der Waals surface area (Å²) in [7, 11) is -2.48. The summed E-state index contributed by atoms with van der Waals surface area (Å²) in [6.07, 6.45) is -0.278. The van der Waals surface area contributed by atoms with Crippen molar-refractivity contribution in [2.45, 2.75) is 25.2 Å². The molecule has 0 saturated carbocycles. The highest BCUT2D eigenvalue weighted by molar-refractivity contribution is 9.10. The minimum Gasteiger partial charge on any atom is -0.481 e. The molecule has 122 valence electrons. The molecule has 22 heavy (non-hydrogen) atoms. The van der Waals surface area contributed by atoms with E-state index in [9.17, 15) is 18.0 Å². The van der Waals surface area contributed by atoms with Crippen LogP contribution in [-0.2, 0) is 19.6 Å². The number of carbonyl (C=O) groups is 2. The van der Waals surface area contributed by atoms with Gasteiger partial charge in [-0.1, -0.05) is 0 Å². The number of amides is 1. The maximum absolute atomic E-state index is 12.5. The van der Waals surface area contributed by atoms with Gasteiger partial charge in [-0.3, -0.25) is 9.59 Å². The van der Waals surface area contributed by atoms with Gasteiger partial charge in [0.15, 0.2) is 0 Å². The number of sulfonamides is 1. The smallest absolute Gasteiger partial charge is 0.304 e. The molecule has 0 aliphatic carbocycles. The first-order valence-electron chi connectivity index (χ1n) is 6.31. The molecule has 0 atom stereocenters. The first kappa shape index (κ1) is 18.6. The molecule has 0 unspecified atom stereocenters. The fourth-order valence-corrected chi connectivity index (χ4v) is 3.76. The summed E-state index contributed by atoms with van der Waals surface area (Å²) in [4.78, 5) is 21.7. The van der Waals surface area contributed by atoms with E-state index in [0.717, 1.165) is 4.31 Å². The predicted octanol–water partition coefficient (Wildman–Crippen LogP) is 1.81. The largest absolute Gasteiger partial charge is 0.481 e. The lowest BCUT2D eigenvalue weighted by Gasteiger charge is -2.19. The number of nitrogens with one attached hydrogen (secondary N) is 1. The number of anilines is 1. The Hall–Kier alpha value is -1.45. The van der Waals surface area contributed by atoms with Gasteiger partial charge in [0.25, 0.3) is 0 Å². The lowest BCUT2D eigenvalue weighted by Crippen LogP contribution is -2.29. The third-order valence-electron chi connectivity index (χ3n) is 2.90. The van der Waals surface area contributed by atoms with Gasteiger partial charge in [0.05, 0.1) is 17.0 Å². The molecule has 1 amide bonds. The van der Waals surface area contributed by atoms with E-state index < -0.39 is 16.0 Å². The van der Waals surface area contributed by atoms with Crippen molar-refractivity contribution in [1.29, 1.82) is 0 Å². The summed E-state index contributed by atoms with van der Waals surface area (Å²) in [6.45, 7) is 2.84. The van der Waals surface area contributed by atoms with E-state index >= 15 is 0 Å². The quantitative estimate of drug-likeness (QED) is 0.767. The first-order valence-corrected chi connectivity index (χ1v) is 8.55. The highest BCUT2D eigenvalue weighted by Gasteiger charge is 2.24. The van der Waals surface area contributed by atoms with E-state index in [1.165, 1.54) is 20.0 Å². The highest BCUT2D eigenvalue weighted by Crippen LogP contribution is 2.30. The number of aliphatic carboxylic acids is 1. The van der Waals surface area contributed by atoms with Crippen LogP contribution in [0.4, 0.5) is 5.69 Å². The van der Waals surface area contributed by atoms with Crippen LogP contribution < -0.4 is 5.32 Å². The highest BCUT2D eigenvalue weighted by atomic mass is 79.9. The van der Waals surface area contributed by atoms with Gasteiger partial charge in [-0.2, -0.15) is 0 Å². The van der Waals surface area contributed by atoms with Gasteiger partial charge in [-0.25, -0.2) is 12.7 Å². The number of benzene rings is 1. The molecule has 1 aromatic carbocycles. The van der Waals surface area contributed by atoms with Crippen molar-refractivity contribution < 1.29 is 23.1 Å². The van der Waals surface area contributed by atoms with E-state index in [1.54, 1.807) is 13.0 Å². The van der Waals surface area contributed by atoms with Crippen LogP contribution in [0, 0.1) is 6.92 Å². The van der Waals surface area contributed by atoms with E-state index in [4.69, 9.17) is 5.11 Å². The van der Waals surface area contributed by atoms with Crippen LogP contribution >= 0.6 is 15.9 Å². The fraction of sp³-hybridized carbons (Fsp3) is 0.385. The zero-order chi connectivity index (χ0) is 17.1. The number of carboxylic acids is 1. The molecule has 1 rings (SSSR count). The van der Waals surface area contributed by atoms with Crippen molar-refractivity contribution in [3.05, 3.63) is 22.2 Å². The summed E-state index contributed by atoms with van der Waals surface area (Å²) in [6, 6.07) is 2.94. The van der Waals surface area contributed by atoms with Crippen molar-refractivity contribution in [3.63, 3.8) is 0 Å². The van der Waals surface area contributed by atoms with E-state index in [0.29, 0.717) is 15.7 Å². The Morgan fingerprint density at radius 3 is 2.45 bits per heavy atom. The van der Waals surface area contributed by atoms with Gasteiger partial charge in [0, 0.05) is 25.0 Å². The maximum atomic E-state index is 12.5. The van der Waals surface area contributed by atoms with Gasteiger partial charge in [0.1, 0.15) is 0 Å². The van der Waals surface area contributed by atoms with Crippen molar-refractivity contribution in [2.75, 3.05) is 18.9 Å². The molecule has 0 spiro atoms. The summed E-state index contributed by atoms with van der Waals surface area (Å²) >= 11 is 3.22. The Morgan fingerprint density at radius 1 is 1.36 bits per heavy atom. The lowest BCUT2D eigenvalue weighted by atomic mass is 10.2. The average Bonchev–Trinajstić information content (AvgIpc) is 2.38. The molecule has 0 bridgehead atoms. The average molecular weight is 393 g/mol. The Morgan fingerprint density at radius 2 is 1.95 bits per heavy atom. The van der Waals surface area contributed by atoms with Crippen LogP contribution in [0.2, 0.25) is 0 Å². The molecule has 9 heteroatoms. The van der Waals surface area contributed by atoms with Crippen LogP contribution in [-0.4, -0.2) is 43.3 Å². The molecule has 0 radical (unpaired) electrons. The molecule has 0 fully saturated rings. The first-order chi connectivity index (χ1) is 10.1. The van der Waals surface area contributed by atoms with Crippen molar-refractivity contribution in [1.82, 2.24) is 4.31 Å². The van der Waals surface area contributed by atoms with Gasteiger partial charge >= 0.3 is 5.97 Å². The normalized spacial score (nSPS) is 11.5. The summed E-state index contributed by atoms with van der Waals surface area (Å²) in [5.41, 5.74) is 0.922. The van der Waals surface area contributed by atoms with Crippen LogP contribution in [0.3, 0.4) is 0 Å². The summed E-state index contributed by atoms with van der Waals surface area (Å²) < 4.78 is 26.4. The fourth-order valence-electron chi connectivity index (χ4n) is 1.77. The third-order valence-corrected chi connectivity index (χ3v) is 5.56. The van der Waals surface area contributed by atoms with Gasteiger partial charge in [-0.15, -0.1) is 0 Å². The molecule has 0 aliphatic heterocycles. The number of aryl methyl sites for hydroxylation is 1. The van der Waals surface area contributed by atoms with Crippen molar-refractivity contribution in [2.24, 2.45) is 0 Å². The Labute approximate surface area is 137 Å². The summed E-state index contributed by atoms with van der Waals surface area (Å²) in [5, 5.41) is 11.2. The van der Waals surface area contributed by atoms with Crippen molar-refractivity contribution >= 4 is 43.5 Å². The molecule has 0 aliphatic rings. The Kier molecular flexibility index (Phi) is 6.09. The van der Waals surface area contributed by atoms with Crippen molar-refractivity contribution in [3.8, 4) is 0 Å². The maximum Gasteiger partial charge on any atom is 0.304 e. The number of rotatable bonds is 6. The summed E-state index contributed by atoms with van der Waals surface area (Å²) in [5.74, 6) is -1.34. The zero-order valence-corrected chi connectivity index (χ0v) is 14.8. The number of carbonyl (C=O) groups excluding carboxylic acids is 1. The number of carboxylic acid groups (broad SMARTS) is 1. The van der Waals surface area contributed by atoms with E-state index in [1.807, 2.05) is 0 Å². The predicted molar refractivity (Wildman–Crippen MR) is 85.3 cm³/mol. The van der Waals surface area contributed by atoms with Gasteiger partial charge in [-0.05, 0) is 40.5 Å². The van der Waals surface area contributed by atoms with Crippen LogP contribution in [0.1, 0.15) is 18.9 Å². The molecule has 0 saturated heterocycles. The van der Waals surface area contributed by atoms with E-state index in [-0.39, 0.29) is 23.8 Å². The van der Waals surface area contributed by atoms with Gasteiger partial charge < -0.3 is 10.4 Å². The molecule has 0 heterocycles. The van der Waals surface area contributed by atoms with Crippen LogP contribution in [0.25, 0.3) is 0 Å². The molecular weight excluding hydrogens is 376 g/mol. The topological polar surface area (TPSA) is 104 Å². The zero-order valence-electron chi connectivity index (χ0n) is 12.4. The second-order valence-electron chi connectivity index (χ2n) is 4.75. The number of nitrogens with zero attached hydrogens (tertiary/aromatic N) is 1. The third kappa shape index (κ3) is 4.52. The SMILES string of the molecule is CC(=O)Nc1cc(C)c(S(=O)(=O)N(C)CCC(=O)O)cc1Br. The number of halogens is 1. The minimum atomic E-state index is -3.81. The standard InChI is InChI=1S/C13H17BrN2O5S/c1-8-6-11(15-9(2)17)10(14)7-12(8)22(20,21)16(3)5-4-13(18)19/h6-7H,4-5H2,1-3H3,(H,15,17)(H,18,19). The minimum absolute atomic E-state index is 0.0568. The van der Waals surface area contributed by atoms with Crippen LogP contribution in [0.15, 0.2) is 21.5 Å². The Bertz CT molecular complexity index is 703. The second-order valence-corrected chi connectivity index (χ2v) is 7.62. The van der Waals surface area contributed by atoms with E-state index in [2.05, 4.69) is 21.2 Å². The molecule has 0 aromatic heterocycles. The second kappa shape index (κ2) is 7.21. The van der Waals surface area contributed by atoms with Crippen LogP contribution in [0.5, 0.6) is 0 Å². The monoisotopic (exact) mass is 392 g/mol. The molecule has 7 nitrogen and oxygen atoms in total. The molecular formula is C13H17BrN2O5S. The lowest BCUT2D eigenvalue weighted by molar-refractivity contribution is -0.137. The van der Waals surface area contributed by atoms with Gasteiger partial charge in [0.2, 0.25) is 15.9 Å². The molecule has 2 N–H and O–H groups in total. The number of hydrogen-bond acceptors (Lipinski definition) is 4. The number of hydrogen-bond donors (Lipinski definition) is 2. The Balaban J connectivity index is 3.17. The molecule has 1 aromatic rings.